The topological polar surface area (TPSA) is 35.5 Å². The molecule has 3 heteroatoms. The first-order valence-electron chi connectivity index (χ1n) is 9.21. The summed E-state index contributed by atoms with van der Waals surface area (Å²) in [5.41, 5.74) is 1.63. The van der Waals surface area contributed by atoms with E-state index in [-0.39, 0.29) is 5.97 Å². The molecular weight excluding hydrogens is 312 g/mol. The number of esters is 1. The normalized spacial score (nSPS) is 10.5. The Morgan fingerprint density at radius 3 is 2.36 bits per heavy atom. The summed E-state index contributed by atoms with van der Waals surface area (Å²) in [6.07, 6.45) is 7.38. The van der Waals surface area contributed by atoms with E-state index in [1.54, 1.807) is 24.3 Å². The van der Waals surface area contributed by atoms with Crippen LogP contribution in [0.15, 0.2) is 48.5 Å². The summed E-state index contributed by atoms with van der Waals surface area (Å²) in [4.78, 5) is 12.3. The average Bonchev–Trinajstić information content (AvgIpc) is 2.63. The molecule has 2 aromatic carbocycles. The van der Waals surface area contributed by atoms with Crippen molar-refractivity contribution in [3.05, 3.63) is 59.7 Å². The molecular formula is C22H28O3. The number of ether oxygens (including phenoxy) is 2. The van der Waals surface area contributed by atoms with Crippen LogP contribution in [0.4, 0.5) is 0 Å². The van der Waals surface area contributed by atoms with Gasteiger partial charge in [0.2, 0.25) is 0 Å². The highest BCUT2D eigenvalue weighted by atomic mass is 16.5. The van der Waals surface area contributed by atoms with Crippen LogP contribution >= 0.6 is 0 Å². The number of hydrogen-bond donors (Lipinski definition) is 0. The summed E-state index contributed by atoms with van der Waals surface area (Å²) < 4.78 is 11.2. The molecule has 0 amide bonds. The molecule has 0 aliphatic carbocycles. The number of hydrogen-bond acceptors (Lipinski definition) is 3. The fourth-order valence-corrected chi connectivity index (χ4v) is 2.56. The third kappa shape index (κ3) is 7.00. The van der Waals surface area contributed by atoms with E-state index in [4.69, 9.17) is 9.47 Å². The van der Waals surface area contributed by atoms with Crippen molar-refractivity contribution in [2.75, 3.05) is 6.61 Å². The summed E-state index contributed by atoms with van der Waals surface area (Å²) in [6, 6.07) is 14.6. The highest BCUT2D eigenvalue weighted by Gasteiger charge is 2.09. The number of unbranched alkanes of at least 4 members (excludes halogenated alkanes) is 5. The second-order valence-corrected chi connectivity index (χ2v) is 6.35. The van der Waals surface area contributed by atoms with E-state index < -0.39 is 0 Å². The van der Waals surface area contributed by atoms with Gasteiger partial charge in [-0.05, 0) is 43.7 Å². The van der Waals surface area contributed by atoms with Gasteiger partial charge in [-0.15, -0.1) is 0 Å². The third-order valence-electron chi connectivity index (χ3n) is 4.07. The summed E-state index contributed by atoms with van der Waals surface area (Å²) >= 11 is 0. The second-order valence-electron chi connectivity index (χ2n) is 6.35. The van der Waals surface area contributed by atoms with Gasteiger partial charge in [-0.1, -0.05) is 62.8 Å². The van der Waals surface area contributed by atoms with Crippen LogP contribution in [-0.2, 0) is 0 Å². The maximum absolute atomic E-state index is 12.3. The van der Waals surface area contributed by atoms with Gasteiger partial charge in [0.1, 0.15) is 11.5 Å². The van der Waals surface area contributed by atoms with Crippen molar-refractivity contribution in [3.8, 4) is 11.5 Å². The molecule has 0 radical (unpaired) electrons. The molecule has 2 rings (SSSR count). The first kappa shape index (κ1) is 19.0. The quantitative estimate of drug-likeness (QED) is 0.304. The first-order chi connectivity index (χ1) is 12.2. The third-order valence-corrected chi connectivity index (χ3v) is 4.07. The SMILES string of the molecule is CCCCCCCCOc1cccc(C(=O)Oc2ccc(C)cc2)c1. The van der Waals surface area contributed by atoms with Crippen LogP contribution < -0.4 is 9.47 Å². The number of carbonyl (C=O) groups excluding carboxylic acids is 1. The molecule has 2 aromatic rings. The monoisotopic (exact) mass is 340 g/mol. The molecule has 0 spiro atoms. The molecule has 0 saturated carbocycles. The van der Waals surface area contributed by atoms with Gasteiger partial charge in [-0.3, -0.25) is 0 Å². The minimum Gasteiger partial charge on any atom is -0.494 e. The van der Waals surface area contributed by atoms with Crippen LogP contribution in [0, 0.1) is 6.92 Å². The van der Waals surface area contributed by atoms with E-state index in [1.807, 2.05) is 31.2 Å². The van der Waals surface area contributed by atoms with E-state index in [1.165, 1.54) is 32.1 Å². The van der Waals surface area contributed by atoms with Crippen LogP contribution in [0.3, 0.4) is 0 Å². The van der Waals surface area contributed by atoms with Crippen LogP contribution in [0.1, 0.15) is 61.4 Å². The number of carbonyl (C=O) groups is 1. The van der Waals surface area contributed by atoms with Gasteiger partial charge in [0.05, 0.1) is 12.2 Å². The van der Waals surface area contributed by atoms with Crippen LogP contribution in [-0.4, -0.2) is 12.6 Å². The lowest BCUT2D eigenvalue weighted by Gasteiger charge is -2.08. The van der Waals surface area contributed by atoms with Crippen molar-refractivity contribution in [1.29, 1.82) is 0 Å². The fraction of sp³-hybridized carbons (Fsp3) is 0.409. The summed E-state index contributed by atoms with van der Waals surface area (Å²) in [5.74, 6) is 0.898. The molecule has 3 nitrogen and oxygen atoms in total. The highest BCUT2D eigenvalue weighted by molar-refractivity contribution is 5.91. The Balaban J connectivity index is 1.79. The van der Waals surface area contributed by atoms with E-state index in [9.17, 15) is 4.79 Å². The number of rotatable bonds is 10. The Labute approximate surface area is 151 Å². The van der Waals surface area contributed by atoms with Gasteiger partial charge < -0.3 is 9.47 Å². The van der Waals surface area contributed by atoms with E-state index >= 15 is 0 Å². The summed E-state index contributed by atoms with van der Waals surface area (Å²) in [6.45, 7) is 4.90. The van der Waals surface area contributed by atoms with Crippen molar-refractivity contribution >= 4 is 5.97 Å². The van der Waals surface area contributed by atoms with Gasteiger partial charge in [-0.25, -0.2) is 4.79 Å². The molecule has 25 heavy (non-hydrogen) atoms. The Bertz CT molecular complexity index is 647. The zero-order valence-corrected chi connectivity index (χ0v) is 15.3. The Kier molecular flexibility index (Phi) is 8.03. The van der Waals surface area contributed by atoms with Gasteiger partial charge in [0.25, 0.3) is 0 Å². The average molecular weight is 340 g/mol. The zero-order chi connectivity index (χ0) is 17.9. The predicted octanol–water partition coefficient (Wildman–Crippen LogP) is 5.95. The first-order valence-corrected chi connectivity index (χ1v) is 9.21. The second kappa shape index (κ2) is 10.5. The lowest BCUT2D eigenvalue weighted by molar-refractivity contribution is 0.0734. The lowest BCUT2D eigenvalue weighted by atomic mass is 10.1. The molecule has 0 saturated heterocycles. The zero-order valence-electron chi connectivity index (χ0n) is 15.3. The molecule has 0 aromatic heterocycles. The highest BCUT2D eigenvalue weighted by Crippen LogP contribution is 2.18. The molecule has 0 N–H and O–H groups in total. The smallest absolute Gasteiger partial charge is 0.343 e. The molecule has 0 bridgehead atoms. The molecule has 0 heterocycles. The number of aryl methyl sites for hydroxylation is 1. The van der Waals surface area contributed by atoms with Crippen molar-refractivity contribution in [2.45, 2.75) is 52.4 Å². The van der Waals surface area contributed by atoms with Gasteiger partial charge >= 0.3 is 5.97 Å². The Morgan fingerprint density at radius 2 is 1.60 bits per heavy atom. The van der Waals surface area contributed by atoms with Gasteiger partial charge in [0, 0.05) is 0 Å². The molecule has 134 valence electrons. The molecule has 0 atom stereocenters. The predicted molar refractivity (Wildman–Crippen MR) is 101 cm³/mol. The minimum atomic E-state index is -0.367. The molecule has 0 fully saturated rings. The summed E-state index contributed by atoms with van der Waals surface area (Å²) in [5, 5.41) is 0. The maximum atomic E-state index is 12.3. The van der Waals surface area contributed by atoms with Crippen molar-refractivity contribution in [1.82, 2.24) is 0 Å². The van der Waals surface area contributed by atoms with E-state index in [2.05, 4.69) is 6.92 Å². The molecule has 0 aliphatic rings. The van der Waals surface area contributed by atoms with Crippen LogP contribution in [0.5, 0.6) is 11.5 Å². The van der Waals surface area contributed by atoms with E-state index in [0.29, 0.717) is 23.7 Å². The summed E-state index contributed by atoms with van der Waals surface area (Å²) in [7, 11) is 0. The van der Waals surface area contributed by atoms with Crippen LogP contribution in [0.25, 0.3) is 0 Å². The van der Waals surface area contributed by atoms with Crippen molar-refractivity contribution in [3.63, 3.8) is 0 Å². The van der Waals surface area contributed by atoms with Gasteiger partial charge in [-0.2, -0.15) is 0 Å². The van der Waals surface area contributed by atoms with Crippen molar-refractivity contribution < 1.29 is 14.3 Å². The minimum absolute atomic E-state index is 0.367. The molecule has 0 aliphatic heterocycles. The standard InChI is InChI=1S/C22H28O3/c1-3-4-5-6-7-8-16-24-21-11-9-10-19(17-21)22(23)25-20-14-12-18(2)13-15-20/h9-15,17H,3-8,16H2,1-2H3. The Morgan fingerprint density at radius 1 is 0.880 bits per heavy atom. The number of benzene rings is 2. The van der Waals surface area contributed by atoms with Crippen molar-refractivity contribution in [2.24, 2.45) is 0 Å². The van der Waals surface area contributed by atoms with Crippen LogP contribution in [0.2, 0.25) is 0 Å². The van der Waals surface area contributed by atoms with Gasteiger partial charge in [0.15, 0.2) is 0 Å². The fourth-order valence-electron chi connectivity index (χ4n) is 2.56. The lowest BCUT2D eigenvalue weighted by Crippen LogP contribution is -2.08. The molecule has 0 unspecified atom stereocenters. The largest absolute Gasteiger partial charge is 0.494 e. The van der Waals surface area contributed by atoms with E-state index in [0.717, 1.165) is 12.0 Å². The maximum Gasteiger partial charge on any atom is 0.343 e. The Hall–Kier alpha value is -2.29.